The fraction of sp³-hybridized carbons (Fsp3) is 0.412. The molecule has 26 heavy (non-hydrogen) atoms. The van der Waals surface area contributed by atoms with Crippen LogP contribution in [0.1, 0.15) is 30.2 Å². The van der Waals surface area contributed by atoms with E-state index < -0.39 is 6.10 Å². The molecule has 2 amide bonds. The van der Waals surface area contributed by atoms with Crippen molar-refractivity contribution in [1.82, 2.24) is 10.2 Å². The average Bonchev–Trinajstić information content (AvgIpc) is 3.36. The van der Waals surface area contributed by atoms with Gasteiger partial charge in [-0.25, -0.2) is 0 Å². The summed E-state index contributed by atoms with van der Waals surface area (Å²) in [5.41, 5.74) is 0.818. The van der Waals surface area contributed by atoms with Crippen LogP contribution in [0.15, 0.2) is 24.3 Å². The summed E-state index contributed by atoms with van der Waals surface area (Å²) in [5.74, 6) is -0.183. The number of rotatable bonds is 4. The monoisotopic (exact) mass is 392 g/mol. The van der Waals surface area contributed by atoms with Crippen molar-refractivity contribution >= 4 is 45.6 Å². The molecule has 0 unspecified atom stereocenters. The van der Waals surface area contributed by atoms with Crippen molar-refractivity contribution in [3.8, 4) is 0 Å². The zero-order valence-corrected chi connectivity index (χ0v) is 15.4. The van der Waals surface area contributed by atoms with Crippen LogP contribution in [0.4, 0.5) is 10.8 Å². The molecular formula is C17H17ClN4O3S. The van der Waals surface area contributed by atoms with Crippen LogP contribution in [0, 0.1) is 0 Å². The maximum Gasteiger partial charge on any atom is 0.255 e. The van der Waals surface area contributed by atoms with Gasteiger partial charge in [-0.15, -0.1) is 10.2 Å². The van der Waals surface area contributed by atoms with Crippen LogP contribution in [0.3, 0.4) is 0 Å². The second-order valence-electron chi connectivity index (χ2n) is 6.32. The molecule has 0 radical (unpaired) electrons. The molecule has 0 aliphatic carbocycles. The molecule has 2 saturated heterocycles. The predicted molar refractivity (Wildman–Crippen MR) is 98.7 cm³/mol. The second kappa shape index (κ2) is 7.30. The summed E-state index contributed by atoms with van der Waals surface area (Å²) in [6, 6.07) is 7.19. The summed E-state index contributed by atoms with van der Waals surface area (Å²) in [6.45, 7) is 1.15. The largest absolute Gasteiger partial charge is 0.368 e. The maximum absolute atomic E-state index is 12.4. The van der Waals surface area contributed by atoms with Gasteiger partial charge in [0.05, 0.1) is 0 Å². The molecule has 4 rings (SSSR count). The first kappa shape index (κ1) is 17.4. The summed E-state index contributed by atoms with van der Waals surface area (Å²) in [4.78, 5) is 26.2. The van der Waals surface area contributed by atoms with Gasteiger partial charge in [0.2, 0.25) is 11.0 Å². The summed E-state index contributed by atoms with van der Waals surface area (Å²) in [6.07, 6.45) is 1.59. The van der Waals surface area contributed by atoms with E-state index in [1.807, 2.05) is 12.1 Å². The van der Waals surface area contributed by atoms with E-state index in [-0.39, 0.29) is 17.7 Å². The number of hydrogen-bond donors (Lipinski definition) is 1. The fourth-order valence-electron chi connectivity index (χ4n) is 3.16. The number of benzene rings is 1. The Kier molecular flexibility index (Phi) is 4.88. The van der Waals surface area contributed by atoms with Crippen molar-refractivity contribution in [1.29, 1.82) is 0 Å². The van der Waals surface area contributed by atoms with Gasteiger partial charge in [-0.3, -0.25) is 14.9 Å². The first-order chi connectivity index (χ1) is 12.6. The summed E-state index contributed by atoms with van der Waals surface area (Å²) >= 11 is 7.22. The van der Waals surface area contributed by atoms with Crippen LogP contribution in [-0.2, 0) is 14.3 Å². The molecule has 1 aromatic heterocycles. The van der Waals surface area contributed by atoms with E-state index in [1.54, 1.807) is 17.0 Å². The van der Waals surface area contributed by atoms with E-state index in [2.05, 4.69) is 15.5 Å². The van der Waals surface area contributed by atoms with Crippen LogP contribution in [-0.4, -0.2) is 41.3 Å². The van der Waals surface area contributed by atoms with Gasteiger partial charge in [-0.1, -0.05) is 22.9 Å². The third kappa shape index (κ3) is 3.58. The lowest BCUT2D eigenvalue weighted by Crippen LogP contribution is -2.26. The number of carbonyl (C=O) groups is 2. The Hall–Kier alpha value is -2.03. The lowest BCUT2D eigenvalue weighted by molar-refractivity contribution is -0.124. The van der Waals surface area contributed by atoms with Gasteiger partial charge in [-0.05, 0) is 37.1 Å². The predicted octanol–water partition coefficient (Wildman–Crippen LogP) is 2.83. The quantitative estimate of drug-likeness (QED) is 0.864. The van der Waals surface area contributed by atoms with E-state index in [1.165, 1.54) is 11.3 Å². The minimum atomic E-state index is -0.407. The SMILES string of the molecule is O=C(Nc1nnc([C@H]2CC(=O)N(c3ccc(Cl)cc3)C2)s1)[C@@H]1CCCO1. The lowest BCUT2D eigenvalue weighted by atomic mass is 10.1. The topological polar surface area (TPSA) is 84.4 Å². The Morgan fingerprint density at radius 2 is 2.12 bits per heavy atom. The molecule has 1 N–H and O–H groups in total. The highest BCUT2D eigenvalue weighted by molar-refractivity contribution is 7.15. The highest BCUT2D eigenvalue weighted by Gasteiger charge is 2.34. The Morgan fingerprint density at radius 1 is 1.31 bits per heavy atom. The van der Waals surface area contributed by atoms with Gasteiger partial charge >= 0.3 is 0 Å². The Bertz CT molecular complexity index is 820. The summed E-state index contributed by atoms with van der Waals surface area (Å²) in [5, 5.41) is 12.8. The van der Waals surface area contributed by atoms with Gasteiger partial charge < -0.3 is 9.64 Å². The number of aromatic nitrogens is 2. The van der Waals surface area contributed by atoms with Crippen molar-refractivity contribution in [2.45, 2.75) is 31.3 Å². The number of amides is 2. The highest BCUT2D eigenvalue weighted by Crippen LogP contribution is 2.34. The van der Waals surface area contributed by atoms with Crippen LogP contribution in [0.5, 0.6) is 0 Å². The number of hydrogen-bond acceptors (Lipinski definition) is 6. The van der Waals surface area contributed by atoms with Crippen molar-refractivity contribution in [3.05, 3.63) is 34.3 Å². The van der Waals surface area contributed by atoms with Gasteiger partial charge in [0.15, 0.2) is 0 Å². The molecule has 2 fully saturated rings. The number of halogens is 1. The standard InChI is InChI=1S/C17H17ClN4O3S/c18-11-3-5-12(6-4-11)22-9-10(8-14(22)23)16-20-21-17(26-16)19-15(24)13-2-1-7-25-13/h3-6,10,13H,1-2,7-9H2,(H,19,21,24)/t10-,13-/m0/s1. The van der Waals surface area contributed by atoms with Gasteiger partial charge in [-0.2, -0.15) is 0 Å². The number of anilines is 2. The first-order valence-corrected chi connectivity index (χ1v) is 9.61. The molecule has 0 spiro atoms. The van der Waals surface area contributed by atoms with Crippen LogP contribution in [0.25, 0.3) is 0 Å². The zero-order valence-electron chi connectivity index (χ0n) is 13.9. The van der Waals surface area contributed by atoms with E-state index in [4.69, 9.17) is 16.3 Å². The van der Waals surface area contributed by atoms with E-state index >= 15 is 0 Å². The minimum Gasteiger partial charge on any atom is -0.368 e. The molecule has 2 aromatic rings. The number of nitrogens with zero attached hydrogens (tertiary/aromatic N) is 3. The average molecular weight is 393 g/mol. The molecule has 0 bridgehead atoms. The molecule has 1 aromatic carbocycles. The number of carbonyl (C=O) groups excluding carboxylic acids is 2. The van der Waals surface area contributed by atoms with E-state index in [9.17, 15) is 9.59 Å². The molecule has 3 heterocycles. The molecule has 136 valence electrons. The molecule has 2 aliphatic heterocycles. The van der Waals surface area contributed by atoms with Gasteiger partial charge in [0, 0.05) is 36.2 Å². The molecule has 9 heteroatoms. The van der Waals surface area contributed by atoms with Crippen molar-refractivity contribution < 1.29 is 14.3 Å². The van der Waals surface area contributed by atoms with E-state index in [0.29, 0.717) is 29.7 Å². The summed E-state index contributed by atoms with van der Waals surface area (Å²) < 4.78 is 5.36. The van der Waals surface area contributed by atoms with Gasteiger partial charge in [0.25, 0.3) is 5.91 Å². The first-order valence-electron chi connectivity index (χ1n) is 8.42. The third-order valence-electron chi connectivity index (χ3n) is 4.51. The maximum atomic E-state index is 12.4. The van der Waals surface area contributed by atoms with Crippen molar-refractivity contribution in [3.63, 3.8) is 0 Å². The van der Waals surface area contributed by atoms with Crippen LogP contribution >= 0.6 is 22.9 Å². The van der Waals surface area contributed by atoms with Gasteiger partial charge in [0.1, 0.15) is 11.1 Å². The number of nitrogens with one attached hydrogen (secondary N) is 1. The third-order valence-corrected chi connectivity index (χ3v) is 5.76. The fourth-order valence-corrected chi connectivity index (χ4v) is 4.13. The lowest BCUT2D eigenvalue weighted by Gasteiger charge is -2.16. The minimum absolute atomic E-state index is 0.0379. The molecular weight excluding hydrogens is 376 g/mol. The van der Waals surface area contributed by atoms with Crippen molar-refractivity contribution in [2.75, 3.05) is 23.4 Å². The summed E-state index contributed by atoms with van der Waals surface area (Å²) in [7, 11) is 0. The Morgan fingerprint density at radius 3 is 2.85 bits per heavy atom. The second-order valence-corrected chi connectivity index (χ2v) is 7.76. The number of ether oxygens (including phenoxy) is 1. The molecule has 2 aliphatic rings. The zero-order chi connectivity index (χ0) is 18.1. The molecule has 7 nitrogen and oxygen atoms in total. The molecule has 0 saturated carbocycles. The van der Waals surface area contributed by atoms with E-state index in [0.717, 1.165) is 23.5 Å². The molecule has 2 atom stereocenters. The smallest absolute Gasteiger partial charge is 0.255 e. The van der Waals surface area contributed by atoms with Crippen LogP contribution in [0.2, 0.25) is 5.02 Å². The highest BCUT2D eigenvalue weighted by atomic mass is 35.5. The van der Waals surface area contributed by atoms with Crippen molar-refractivity contribution in [2.24, 2.45) is 0 Å². The normalized spacial score (nSPS) is 22.8. The Balaban J connectivity index is 1.42. The Labute approximate surface area is 159 Å². The van der Waals surface area contributed by atoms with Crippen LogP contribution < -0.4 is 10.2 Å².